The summed E-state index contributed by atoms with van der Waals surface area (Å²) in [6.45, 7) is -0.417. The maximum atomic E-state index is 11.0. The predicted octanol–water partition coefficient (Wildman–Crippen LogP) is 0.909. The quantitative estimate of drug-likeness (QED) is 0.430. The number of methoxy groups -OCH3 is 1. The largest absolute Gasteiger partial charge is 0.493 e. The van der Waals surface area contributed by atoms with Crippen LogP contribution in [0.2, 0.25) is 0 Å². The molecule has 1 aromatic carbocycles. The van der Waals surface area contributed by atoms with Gasteiger partial charge in [-0.3, -0.25) is 10.1 Å². The van der Waals surface area contributed by atoms with Crippen molar-refractivity contribution in [3.8, 4) is 11.5 Å². The van der Waals surface area contributed by atoms with Crippen molar-refractivity contribution in [2.75, 3.05) is 25.7 Å². The third-order valence-electron chi connectivity index (χ3n) is 2.65. The molecule has 0 spiro atoms. The van der Waals surface area contributed by atoms with Crippen molar-refractivity contribution in [2.24, 2.45) is 0 Å². The van der Waals surface area contributed by atoms with E-state index in [0.717, 1.165) is 12.3 Å². The van der Waals surface area contributed by atoms with E-state index < -0.39 is 21.4 Å². The average Bonchev–Trinajstić information content (AvgIpc) is 2.41. The van der Waals surface area contributed by atoms with E-state index in [9.17, 15) is 18.5 Å². The molecule has 0 aliphatic heterocycles. The summed E-state index contributed by atoms with van der Waals surface area (Å²) < 4.78 is 32.4. The van der Waals surface area contributed by atoms with Crippen LogP contribution in [0.3, 0.4) is 0 Å². The molecule has 8 nitrogen and oxygen atoms in total. The van der Waals surface area contributed by atoms with Crippen molar-refractivity contribution in [1.82, 2.24) is 0 Å². The minimum Gasteiger partial charge on any atom is -0.493 e. The van der Waals surface area contributed by atoms with Crippen LogP contribution in [0.15, 0.2) is 12.1 Å². The standard InChI is InChI=1S/C12H17NO7S/c1-19-11-6-9(8-14)10(13(15)16)7-12(11)20-4-3-5-21(2,17)18/h6-7,14H,3-5,8H2,1-2H3. The maximum Gasteiger partial charge on any atom is 0.278 e. The molecule has 0 fully saturated rings. The minimum absolute atomic E-state index is 0.0356. The van der Waals surface area contributed by atoms with E-state index in [1.807, 2.05) is 0 Å². The van der Waals surface area contributed by atoms with Gasteiger partial charge in [0.1, 0.15) is 9.84 Å². The number of hydrogen-bond acceptors (Lipinski definition) is 7. The third-order valence-corrected chi connectivity index (χ3v) is 3.68. The molecular weight excluding hydrogens is 302 g/mol. The molecule has 1 aromatic rings. The van der Waals surface area contributed by atoms with Crippen LogP contribution in [-0.2, 0) is 16.4 Å². The highest BCUT2D eigenvalue weighted by Crippen LogP contribution is 2.34. The summed E-state index contributed by atoms with van der Waals surface area (Å²) in [5.41, 5.74) is -0.170. The summed E-state index contributed by atoms with van der Waals surface area (Å²) in [4.78, 5) is 10.3. The predicted molar refractivity (Wildman–Crippen MR) is 75.4 cm³/mol. The third kappa shape index (κ3) is 5.20. The number of nitro groups is 1. The van der Waals surface area contributed by atoms with Crippen molar-refractivity contribution in [3.63, 3.8) is 0 Å². The number of rotatable bonds is 8. The number of ether oxygens (including phenoxy) is 2. The van der Waals surface area contributed by atoms with E-state index in [0.29, 0.717) is 0 Å². The fourth-order valence-corrected chi connectivity index (χ4v) is 2.31. The van der Waals surface area contributed by atoms with Crippen LogP contribution < -0.4 is 9.47 Å². The van der Waals surface area contributed by atoms with E-state index in [1.165, 1.54) is 13.2 Å². The van der Waals surface area contributed by atoms with Gasteiger partial charge in [0, 0.05) is 6.26 Å². The topological polar surface area (TPSA) is 116 Å². The summed E-state index contributed by atoms with van der Waals surface area (Å²) in [6.07, 6.45) is 1.38. The molecule has 0 bridgehead atoms. The summed E-state index contributed by atoms with van der Waals surface area (Å²) in [5.74, 6) is 0.338. The molecular formula is C12H17NO7S. The normalized spacial score (nSPS) is 11.2. The maximum absolute atomic E-state index is 11.0. The van der Waals surface area contributed by atoms with Gasteiger partial charge in [-0.1, -0.05) is 0 Å². The molecule has 0 heterocycles. The fourth-order valence-electron chi connectivity index (χ4n) is 1.66. The van der Waals surface area contributed by atoms with Crippen LogP contribution in [-0.4, -0.2) is 44.2 Å². The number of nitro benzene ring substituents is 1. The average molecular weight is 319 g/mol. The van der Waals surface area contributed by atoms with E-state index in [1.54, 1.807) is 0 Å². The second kappa shape index (κ2) is 7.23. The van der Waals surface area contributed by atoms with Crippen LogP contribution in [0.4, 0.5) is 5.69 Å². The second-order valence-corrected chi connectivity index (χ2v) is 6.64. The molecule has 1 rings (SSSR count). The van der Waals surface area contributed by atoms with E-state index >= 15 is 0 Å². The Morgan fingerprint density at radius 1 is 1.33 bits per heavy atom. The monoisotopic (exact) mass is 319 g/mol. The Morgan fingerprint density at radius 2 is 2.00 bits per heavy atom. The Hall–Kier alpha value is -1.87. The van der Waals surface area contributed by atoms with Gasteiger partial charge in [0.15, 0.2) is 11.5 Å². The first-order chi connectivity index (χ1) is 9.78. The Morgan fingerprint density at radius 3 is 2.48 bits per heavy atom. The van der Waals surface area contributed by atoms with Gasteiger partial charge in [0.25, 0.3) is 5.69 Å². The van der Waals surface area contributed by atoms with Gasteiger partial charge in [0.2, 0.25) is 0 Å². The molecule has 1 N–H and O–H groups in total. The van der Waals surface area contributed by atoms with Crippen molar-refractivity contribution in [1.29, 1.82) is 0 Å². The molecule has 0 radical (unpaired) electrons. The number of aliphatic hydroxyl groups excluding tert-OH is 1. The number of aliphatic hydroxyl groups is 1. The van der Waals surface area contributed by atoms with E-state index in [4.69, 9.17) is 14.6 Å². The minimum atomic E-state index is -3.08. The fraction of sp³-hybridized carbons (Fsp3) is 0.500. The number of benzene rings is 1. The highest BCUT2D eigenvalue weighted by molar-refractivity contribution is 7.90. The Kier molecular flexibility index (Phi) is 5.91. The van der Waals surface area contributed by atoms with Gasteiger partial charge in [-0.15, -0.1) is 0 Å². The SMILES string of the molecule is COc1cc(CO)c([N+](=O)[O-])cc1OCCCS(C)(=O)=O. The molecule has 9 heteroatoms. The van der Waals surface area contributed by atoms with Crippen molar-refractivity contribution in [2.45, 2.75) is 13.0 Å². The lowest BCUT2D eigenvalue weighted by Crippen LogP contribution is -2.09. The first-order valence-electron chi connectivity index (χ1n) is 6.05. The van der Waals surface area contributed by atoms with Gasteiger partial charge >= 0.3 is 0 Å². The first kappa shape index (κ1) is 17.2. The Labute approximate surface area is 122 Å². The van der Waals surface area contributed by atoms with Crippen LogP contribution in [0.5, 0.6) is 11.5 Å². The molecule has 0 unspecified atom stereocenters. The Balaban J connectivity index is 2.90. The summed E-state index contributed by atoms with van der Waals surface area (Å²) in [7, 11) is -1.71. The highest BCUT2D eigenvalue weighted by atomic mass is 32.2. The zero-order chi connectivity index (χ0) is 16.0. The van der Waals surface area contributed by atoms with E-state index in [2.05, 4.69) is 0 Å². The van der Waals surface area contributed by atoms with Crippen LogP contribution in [0.1, 0.15) is 12.0 Å². The second-order valence-electron chi connectivity index (χ2n) is 4.38. The van der Waals surface area contributed by atoms with E-state index in [-0.39, 0.29) is 41.5 Å². The van der Waals surface area contributed by atoms with Crippen LogP contribution in [0.25, 0.3) is 0 Å². The molecule has 21 heavy (non-hydrogen) atoms. The highest BCUT2D eigenvalue weighted by Gasteiger charge is 2.19. The van der Waals surface area contributed by atoms with Gasteiger partial charge in [-0.25, -0.2) is 8.42 Å². The lowest BCUT2D eigenvalue weighted by Gasteiger charge is -2.12. The van der Waals surface area contributed by atoms with Crippen molar-refractivity contribution in [3.05, 3.63) is 27.8 Å². The molecule has 0 atom stereocenters. The summed E-state index contributed by atoms with van der Waals surface area (Å²) >= 11 is 0. The number of nitrogens with zero attached hydrogens (tertiary/aromatic N) is 1. The zero-order valence-electron chi connectivity index (χ0n) is 11.7. The van der Waals surface area contributed by atoms with Gasteiger partial charge in [-0.2, -0.15) is 0 Å². The lowest BCUT2D eigenvalue weighted by molar-refractivity contribution is -0.385. The molecule has 0 aliphatic carbocycles. The Bertz CT molecular complexity index is 612. The van der Waals surface area contributed by atoms with Gasteiger partial charge in [0.05, 0.1) is 42.6 Å². The number of sulfone groups is 1. The molecule has 0 amide bonds. The van der Waals surface area contributed by atoms with Crippen molar-refractivity contribution < 1.29 is 27.9 Å². The van der Waals surface area contributed by atoms with Crippen LogP contribution in [0, 0.1) is 10.1 Å². The van der Waals surface area contributed by atoms with Gasteiger partial charge in [-0.05, 0) is 12.5 Å². The number of hydrogen-bond donors (Lipinski definition) is 1. The molecule has 0 aliphatic rings. The molecule has 0 aromatic heterocycles. The molecule has 0 saturated carbocycles. The van der Waals surface area contributed by atoms with Gasteiger partial charge < -0.3 is 14.6 Å². The molecule has 118 valence electrons. The zero-order valence-corrected chi connectivity index (χ0v) is 12.6. The van der Waals surface area contributed by atoms with Crippen molar-refractivity contribution >= 4 is 15.5 Å². The molecule has 0 saturated heterocycles. The summed E-state index contributed by atoms with van der Waals surface area (Å²) in [6, 6.07) is 2.48. The smallest absolute Gasteiger partial charge is 0.278 e. The lowest BCUT2D eigenvalue weighted by atomic mass is 10.1. The summed E-state index contributed by atoms with van der Waals surface area (Å²) in [5, 5.41) is 20.0. The first-order valence-corrected chi connectivity index (χ1v) is 8.11. The van der Waals surface area contributed by atoms with Crippen LogP contribution >= 0.6 is 0 Å².